The Bertz CT molecular complexity index is 1210. The smallest absolute Gasteiger partial charge is 0.340 e. The highest BCUT2D eigenvalue weighted by Gasteiger charge is 2.46. The van der Waals surface area contributed by atoms with Crippen molar-refractivity contribution in [2.75, 3.05) is 27.3 Å². The van der Waals surface area contributed by atoms with Gasteiger partial charge in [0.2, 0.25) is 0 Å². The number of quaternary nitrogens is 1. The van der Waals surface area contributed by atoms with Crippen LogP contribution in [0.15, 0.2) is 30.3 Å². The van der Waals surface area contributed by atoms with Crippen molar-refractivity contribution in [3.8, 4) is 11.5 Å². The third kappa shape index (κ3) is 2.85. The number of esters is 1. The molecule has 6 nitrogen and oxygen atoms in total. The first kappa shape index (κ1) is 19.9. The standard InChI is InChI=1S/C25H29N2O4/c1-6-30-25(28)22-15(2)26(3)20-9-10-21-19(23(20)22)14-27(4)12-11-16-13-17(29-5)7-8-18(16)24(27)31-21/h7-10,13,24H,6,11-12,14H2,1-5H3/q+1. The van der Waals surface area contributed by atoms with E-state index >= 15 is 0 Å². The normalized spacial score (nSPS) is 21.6. The quantitative estimate of drug-likeness (QED) is 0.468. The second kappa shape index (κ2) is 7.02. The molecule has 31 heavy (non-hydrogen) atoms. The lowest BCUT2D eigenvalue weighted by Gasteiger charge is -2.47. The molecule has 2 atom stereocenters. The Morgan fingerprint density at radius 3 is 2.84 bits per heavy atom. The Labute approximate surface area is 182 Å². The van der Waals surface area contributed by atoms with Crippen LogP contribution in [-0.2, 0) is 24.8 Å². The van der Waals surface area contributed by atoms with Crippen LogP contribution >= 0.6 is 0 Å². The first-order chi connectivity index (χ1) is 14.9. The molecule has 1 aromatic heterocycles. The molecule has 2 unspecified atom stereocenters. The maximum absolute atomic E-state index is 12.9. The first-order valence-corrected chi connectivity index (χ1v) is 10.8. The Balaban J connectivity index is 1.67. The zero-order valence-electron chi connectivity index (χ0n) is 18.8. The van der Waals surface area contributed by atoms with Gasteiger partial charge in [-0.1, -0.05) is 0 Å². The number of carbonyl (C=O) groups is 1. The van der Waals surface area contributed by atoms with Crippen LogP contribution in [0.5, 0.6) is 11.5 Å². The van der Waals surface area contributed by atoms with Crippen molar-refractivity contribution in [3.63, 3.8) is 0 Å². The van der Waals surface area contributed by atoms with Crippen molar-refractivity contribution < 1.29 is 23.5 Å². The molecule has 2 aliphatic heterocycles. The van der Waals surface area contributed by atoms with Gasteiger partial charge >= 0.3 is 5.97 Å². The average Bonchev–Trinajstić information content (AvgIpc) is 3.02. The molecule has 5 rings (SSSR count). The van der Waals surface area contributed by atoms with Gasteiger partial charge in [0, 0.05) is 30.1 Å². The van der Waals surface area contributed by atoms with Gasteiger partial charge in [-0.15, -0.1) is 0 Å². The van der Waals surface area contributed by atoms with Crippen molar-refractivity contribution in [1.29, 1.82) is 0 Å². The predicted molar refractivity (Wildman–Crippen MR) is 118 cm³/mol. The number of aromatic nitrogens is 1. The van der Waals surface area contributed by atoms with Crippen molar-refractivity contribution in [3.05, 3.63) is 58.3 Å². The SMILES string of the molecule is CCOC(=O)c1c(C)n(C)c2ccc3c(c12)C[N+]1(C)CCc2cc(OC)ccc2C1O3. The molecule has 2 aromatic carbocycles. The second-order valence-corrected chi connectivity index (χ2v) is 8.82. The summed E-state index contributed by atoms with van der Waals surface area (Å²) in [5.41, 5.74) is 6.21. The number of aryl methyl sites for hydroxylation is 1. The molecule has 162 valence electrons. The summed E-state index contributed by atoms with van der Waals surface area (Å²) in [7, 11) is 5.95. The third-order valence-electron chi connectivity index (χ3n) is 7.04. The Morgan fingerprint density at radius 2 is 2.10 bits per heavy atom. The van der Waals surface area contributed by atoms with Crippen molar-refractivity contribution >= 4 is 16.9 Å². The van der Waals surface area contributed by atoms with E-state index < -0.39 is 0 Å². The average molecular weight is 422 g/mol. The molecule has 0 aliphatic carbocycles. The molecule has 0 saturated heterocycles. The number of hydrogen-bond acceptors (Lipinski definition) is 4. The zero-order chi connectivity index (χ0) is 21.9. The molecular formula is C25H29N2O4+. The fourth-order valence-corrected chi connectivity index (χ4v) is 5.25. The van der Waals surface area contributed by atoms with Gasteiger partial charge in [0.05, 0.1) is 44.0 Å². The summed E-state index contributed by atoms with van der Waals surface area (Å²) >= 11 is 0. The third-order valence-corrected chi connectivity index (χ3v) is 7.04. The fraction of sp³-hybridized carbons (Fsp3) is 0.400. The van der Waals surface area contributed by atoms with E-state index in [0.717, 1.165) is 57.7 Å². The zero-order valence-corrected chi connectivity index (χ0v) is 18.8. The van der Waals surface area contributed by atoms with Gasteiger partial charge in [-0.25, -0.2) is 4.79 Å². The maximum atomic E-state index is 12.9. The lowest BCUT2D eigenvalue weighted by atomic mass is 9.92. The molecule has 0 saturated carbocycles. The van der Waals surface area contributed by atoms with E-state index in [2.05, 4.69) is 29.8 Å². The van der Waals surface area contributed by atoms with Crippen LogP contribution < -0.4 is 9.47 Å². The number of likely N-dealkylation sites (N-methyl/N-ethyl adjacent to an activating group) is 1. The van der Waals surface area contributed by atoms with Crippen LogP contribution in [0.2, 0.25) is 0 Å². The topological polar surface area (TPSA) is 49.7 Å². The van der Waals surface area contributed by atoms with Gasteiger partial charge in [-0.3, -0.25) is 4.48 Å². The van der Waals surface area contributed by atoms with Crippen molar-refractivity contribution in [2.45, 2.75) is 33.0 Å². The van der Waals surface area contributed by atoms with Crippen LogP contribution in [0.3, 0.4) is 0 Å². The van der Waals surface area contributed by atoms with Gasteiger partial charge in [0.1, 0.15) is 18.0 Å². The number of hydrogen-bond donors (Lipinski definition) is 0. The summed E-state index contributed by atoms with van der Waals surface area (Å²) in [6.45, 7) is 5.94. The lowest BCUT2D eigenvalue weighted by Crippen LogP contribution is -2.54. The van der Waals surface area contributed by atoms with E-state index in [1.54, 1.807) is 7.11 Å². The Morgan fingerprint density at radius 1 is 1.29 bits per heavy atom. The number of ether oxygens (including phenoxy) is 3. The van der Waals surface area contributed by atoms with Crippen LogP contribution in [0.4, 0.5) is 0 Å². The predicted octanol–water partition coefficient (Wildman–Crippen LogP) is 4.27. The molecule has 0 radical (unpaired) electrons. The van der Waals surface area contributed by atoms with Crippen LogP contribution in [0.1, 0.15) is 45.9 Å². The second-order valence-electron chi connectivity index (χ2n) is 8.82. The Kier molecular flexibility index (Phi) is 4.52. The van der Waals surface area contributed by atoms with Gasteiger partial charge in [-0.2, -0.15) is 0 Å². The van der Waals surface area contributed by atoms with Gasteiger partial charge < -0.3 is 18.8 Å². The van der Waals surface area contributed by atoms with E-state index in [-0.39, 0.29) is 12.2 Å². The van der Waals surface area contributed by atoms with E-state index in [4.69, 9.17) is 14.2 Å². The minimum absolute atomic E-state index is 0.0736. The largest absolute Gasteiger partial charge is 0.497 e. The van der Waals surface area contributed by atoms with Gasteiger partial charge in [-0.05, 0) is 49.7 Å². The number of nitrogens with zero attached hydrogens (tertiary/aromatic N) is 2. The monoisotopic (exact) mass is 421 g/mol. The summed E-state index contributed by atoms with van der Waals surface area (Å²) in [6.07, 6.45) is 0.891. The fourth-order valence-electron chi connectivity index (χ4n) is 5.25. The summed E-state index contributed by atoms with van der Waals surface area (Å²) in [4.78, 5) is 12.9. The summed E-state index contributed by atoms with van der Waals surface area (Å²) < 4.78 is 20.3. The van der Waals surface area contributed by atoms with Gasteiger partial charge in [0.15, 0.2) is 0 Å². The minimum atomic E-state index is -0.264. The highest BCUT2D eigenvalue weighted by Crippen LogP contribution is 2.47. The molecular weight excluding hydrogens is 392 g/mol. The highest BCUT2D eigenvalue weighted by molar-refractivity contribution is 6.08. The number of fused-ring (bicyclic) bond motifs is 6. The molecule has 0 amide bonds. The molecule has 6 heteroatoms. The van der Waals surface area contributed by atoms with Crippen LogP contribution in [0.25, 0.3) is 10.9 Å². The van der Waals surface area contributed by atoms with E-state index in [0.29, 0.717) is 12.2 Å². The number of benzene rings is 2. The molecule has 0 bridgehead atoms. The maximum Gasteiger partial charge on any atom is 0.340 e. The molecule has 3 aromatic rings. The summed E-state index contributed by atoms with van der Waals surface area (Å²) in [5.74, 6) is 1.47. The summed E-state index contributed by atoms with van der Waals surface area (Å²) in [6, 6.07) is 10.4. The molecule has 0 N–H and O–H groups in total. The molecule has 0 fully saturated rings. The van der Waals surface area contributed by atoms with Crippen molar-refractivity contribution in [1.82, 2.24) is 4.57 Å². The Hall–Kier alpha value is -2.99. The molecule has 3 heterocycles. The molecule has 0 spiro atoms. The number of methoxy groups -OCH3 is 1. The lowest BCUT2D eigenvalue weighted by molar-refractivity contribution is -0.974. The van der Waals surface area contributed by atoms with Gasteiger partial charge in [0.25, 0.3) is 6.23 Å². The number of rotatable bonds is 3. The number of carbonyl (C=O) groups excluding carboxylic acids is 1. The van der Waals surface area contributed by atoms with E-state index in [1.165, 1.54) is 11.1 Å². The van der Waals surface area contributed by atoms with E-state index in [1.807, 2.05) is 33.0 Å². The first-order valence-electron chi connectivity index (χ1n) is 10.8. The summed E-state index contributed by atoms with van der Waals surface area (Å²) in [5, 5.41) is 0.967. The molecule has 2 aliphatic rings. The van der Waals surface area contributed by atoms with Crippen molar-refractivity contribution in [2.24, 2.45) is 7.05 Å². The minimum Gasteiger partial charge on any atom is -0.497 e. The van der Waals surface area contributed by atoms with E-state index in [9.17, 15) is 4.79 Å². The highest BCUT2D eigenvalue weighted by atomic mass is 16.5. The van der Waals surface area contributed by atoms with Crippen LogP contribution in [-0.4, -0.2) is 42.3 Å². The van der Waals surface area contributed by atoms with Crippen LogP contribution in [0, 0.1) is 6.92 Å².